The number of nitrogens with zero attached hydrogens (tertiary/aromatic N) is 2. The number of carbonyl (C=O) groups excluding carboxylic acids is 3. The van der Waals surface area contributed by atoms with Gasteiger partial charge in [-0.3, -0.25) is 10.1 Å². The molecule has 1 aliphatic heterocycles. The Morgan fingerprint density at radius 2 is 1.55 bits per heavy atom. The summed E-state index contributed by atoms with van der Waals surface area (Å²) in [4.78, 5) is 37.4. The largest absolute Gasteiger partial charge is 0.469 e. The summed E-state index contributed by atoms with van der Waals surface area (Å²) in [6.45, 7) is 0.0256. The molecule has 9 heteroatoms. The number of rotatable bonds is 8. The molecule has 31 heavy (non-hydrogen) atoms. The van der Waals surface area contributed by atoms with E-state index in [2.05, 4.69) is 15.5 Å². The van der Waals surface area contributed by atoms with E-state index in [9.17, 15) is 14.4 Å². The van der Waals surface area contributed by atoms with E-state index in [4.69, 9.17) is 14.2 Å². The van der Waals surface area contributed by atoms with Crippen LogP contribution in [0.15, 0.2) is 70.9 Å². The molecule has 2 aromatic carbocycles. The maximum Gasteiger partial charge on any atom is 0.409 e. The van der Waals surface area contributed by atoms with E-state index in [0.29, 0.717) is 0 Å². The van der Waals surface area contributed by atoms with Gasteiger partial charge in [0.1, 0.15) is 13.2 Å². The van der Waals surface area contributed by atoms with Crippen LogP contribution in [-0.2, 0) is 37.0 Å². The molecular weight excluding hydrogens is 402 g/mol. The average Bonchev–Trinajstić information content (AvgIpc) is 3.20. The third kappa shape index (κ3) is 5.65. The smallest absolute Gasteiger partial charge is 0.409 e. The standard InChI is InChI=1S/C22H23N3O6/c1-29-19(26)12-18-13-23-25-22(18,20(27)30-14-16-8-4-2-5-9-16)24-21(28)31-15-17-10-6-3-7-11-17/h2-11,18H,12-15H2,1H3,(H,24,28). The molecule has 0 saturated carbocycles. The zero-order chi connectivity index (χ0) is 22.1. The first-order chi connectivity index (χ1) is 15.0. The molecule has 0 radical (unpaired) electrons. The van der Waals surface area contributed by atoms with Crippen molar-refractivity contribution in [3.05, 3.63) is 71.8 Å². The van der Waals surface area contributed by atoms with Crippen molar-refractivity contribution in [3.63, 3.8) is 0 Å². The molecule has 0 aliphatic carbocycles. The van der Waals surface area contributed by atoms with Gasteiger partial charge in [-0.2, -0.15) is 10.2 Å². The number of hydrogen-bond acceptors (Lipinski definition) is 8. The van der Waals surface area contributed by atoms with Crippen molar-refractivity contribution in [2.24, 2.45) is 16.1 Å². The van der Waals surface area contributed by atoms with E-state index in [1.807, 2.05) is 36.4 Å². The van der Waals surface area contributed by atoms with Crippen LogP contribution in [0.4, 0.5) is 4.79 Å². The fraction of sp³-hybridized carbons (Fsp3) is 0.318. The first kappa shape index (κ1) is 21.9. The quantitative estimate of drug-likeness (QED) is 0.513. The zero-order valence-corrected chi connectivity index (χ0v) is 17.0. The number of alkyl carbamates (subject to hydrolysis) is 1. The van der Waals surface area contributed by atoms with E-state index < -0.39 is 29.6 Å². The second kappa shape index (κ2) is 10.3. The Labute approximate surface area is 179 Å². The topological polar surface area (TPSA) is 116 Å². The molecule has 2 atom stereocenters. The third-order valence-corrected chi connectivity index (χ3v) is 4.79. The van der Waals surface area contributed by atoms with Gasteiger partial charge in [0.15, 0.2) is 0 Å². The van der Waals surface area contributed by atoms with Crippen molar-refractivity contribution >= 4 is 18.0 Å². The van der Waals surface area contributed by atoms with Gasteiger partial charge in [0.25, 0.3) is 5.66 Å². The Kier molecular flexibility index (Phi) is 7.31. The van der Waals surface area contributed by atoms with Gasteiger partial charge < -0.3 is 14.2 Å². The first-order valence-corrected chi connectivity index (χ1v) is 9.69. The van der Waals surface area contributed by atoms with Crippen molar-refractivity contribution in [3.8, 4) is 0 Å². The van der Waals surface area contributed by atoms with E-state index in [1.165, 1.54) is 7.11 Å². The van der Waals surface area contributed by atoms with Gasteiger partial charge in [0.2, 0.25) is 0 Å². The van der Waals surface area contributed by atoms with Gasteiger partial charge in [0, 0.05) is 5.92 Å². The highest BCUT2D eigenvalue weighted by Crippen LogP contribution is 2.32. The number of ether oxygens (including phenoxy) is 3. The minimum absolute atomic E-state index is 0.000623. The van der Waals surface area contributed by atoms with Gasteiger partial charge >= 0.3 is 18.0 Å². The Morgan fingerprint density at radius 1 is 0.968 bits per heavy atom. The lowest BCUT2D eigenvalue weighted by Gasteiger charge is -2.29. The molecule has 2 aromatic rings. The maximum absolute atomic E-state index is 13.0. The zero-order valence-electron chi connectivity index (χ0n) is 17.0. The molecule has 1 N–H and O–H groups in total. The van der Waals surface area contributed by atoms with Crippen molar-refractivity contribution in [1.29, 1.82) is 0 Å². The van der Waals surface area contributed by atoms with Gasteiger partial charge in [-0.15, -0.1) is 0 Å². The first-order valence-electron chi connectivity index (χ1n) is 9.69. The van der Waals surface area contributed by atoms with Crippen molar-refractivity contribution in [2.45, 2.75) is 25.3 Å². The van der Waals surface area contributed by atoms with Crippen LogP contribution in [0, 0.1) is 5.92 Å². The van der Waals surface area contributed by atoms with Crippen molar-refractivity contribution in [1.82, 2.24) is 5.32 Å². The summed E-state index contributed by atoms with van der Waals surface area (Å²) in [6, 6.07) is 18.1. The van der Waals surface area contributed by atoms with Crippen LogP contribution in [0.25, 0.3) is 0 Å². The highest BCUT2D eigenvalue weighted by Gasteiger charge is 2.53. The Balaban J connectivity index is 1.73. The fourth-order valence-corrected chi connectivity index (χ4v) is 3.09. The highest BCUT2D eigenvalue weighted by molar-refractivity contribution is 5.87. The molecule has 0 spiro atoms. The molecule has 1 amide bonds. The molecule has 1 aliphatic rings. The maximum atomic E-state index is 13.0. The molecule has 0 fully saturated rings. The van der Waals surface area contributed by atoms with Crippen molar-refractivity contribution in [2.75, 3.05) is 13.7 Å². The number of carbonyl (C=O) groups is 3. The number of nitrogens with one attached hydrogen (secondary N) is 1. The van der Waals surface area contributed by atoms with Crippen LogP contribution < -0.4 is 5.32 Å². The number of benzene rings is 2. The number of azo groups is 1. The molecule has 3 rings (SSSR count). The van der Waals surface area contributed by atoms with Gasteiger partial charge in [-0.1, -0.05) is 60.7 Å². The monoisotopic (exact) mass is 425 g/mol. The fourth-order valence-electron chi connectivity index (χ4n) is 3.09. The van der Waals surface area contributed by atoms with Gasteiger partial charge in [0.05, 0.1) is 20.1 Å². The summed E-state index contributed by atoms with van der Waals surface area (Å²) in [6.07, 6.45) is -1.06. The van der Waals surface area contributed by atoms with E-state index >= 15 is 0 Å². The highest BCUT2D eigenvalue weighted by atomic mass is 16.6. The number of esters is 2. The third-order valence-electron chi connectivity index (χ3n) is 4.79. The van der Waals surface area contributed by atoms with Gasteiger partial charge in [-0.25, -0.2) is 9.59 Å². The second-order valence-electron chi connectivity index (χ2n) is 6.92. The molecule has 162 valence electrons. The summed E-state index contributed by atoms with van der Waals surface area (Å²) in [7, 11) is 1.24. The lowest BCUT2D eigenvalue weighted by atomic mass is 9.91. The Bertz CT molecular complexity index is 935. The number of amides is 1. The van der Waals surface area contributed by atoms with Crippen LogP contribution in [0.1, 0.15) is 17.5 Å². The SMILES string of the molecule is COC(=O)CC1CN=NC1(NC(=O)OCc1ccccc1)C(=O)OCc1ccccc1. The van der Waals surface area contributed by atoms with Crippen LogP contribution >= 0.6 is 0 Å². The average molecular weight is 425 g/mol. The lowest BCUT2D eigenvalue weighted by molar-refractivity contribution is -0.155. The summed E-state index contributed by atoms with van der Waals surface area (Å²) >= 11 is 0. The Morgan fingerprint density at radius 3 is 2.13 bits per heavy atom. The molecule has 2 unspecified atom stereocenters. The predicted molar refractivity (Wildman–Crippen MR) is 109 cm³/mol. The van der Waals surface area contributed by atoms with Gasteiger partial charge in [-0.05, 0) is 11.1 Å². The van der Waals surface area contributed by atoms with Crippen LogP contribution in [0.2, 0.25) is 0 Å². The minimum Gasteiger partial charge on any atom is -0.469 e. The summed E-state index contributed by atoms with van der Waals surface area (Å²) in [5.41, 5.74) is -0.342. The van der Waals surface area contributed by atoms with E-state index in [1.54, 1.807) is 24.3 Å². The second-order valence-corrected chi connectivity index (χ2v) is 6.92. The van der Waals surface area contributed by atoms with E-state index in [0.717, 1.165) is 11.1 Å². The summed E-state index contributed by atoms with van der Waals surface area (Å²) in [5.74, 6) is -2.16. The lowest BCUT2D eigenvalue weighted by Crippen LogP contribution is -2.58. The predicted octanol–water partition coefficient (Wildman–Crippen LogP) is 3.00. The molecule has 9 nitrogen and oxygen atoms in total. The van der Waals surface area contributed by atoms with Crippen LogP contribution in [0.3, 0.4) is 0 Å². The van der Waals surface area contributed by atoms with Crippen LogP contribution in [0.5, 0.6) is 0 Å². The van der Waals surface area contributed by atoms with Crippen molar-refractivity contribution < 1.29 is 28.6 Å². The van der Waals surface area contributed by atoms with Crippen LogP contribution in [-0.4, -0.2) is 37.3 Å². The molecule has 0 aromatic heterocycles. The number of methoxy groups -OCH3 is 1. The molecular formula is C22H23N3O6. The molecule has 0 saturated heterocycles. The summed E-state index contributed by atoms with van der Waals surface area (Å²) < 4.78 is 15.3. The molecule has 0 bridgehead atoms. The Hall–Kier alpha value is -3.75. The molecule has 1 heterocycles. The summed E-state index contributed by atoms with van der Waals surface area (Å²) in [5, 5.41) is 10.3. The van der Waals surface area contributed by atoms with E-state index in [-0.39, 0.29) is 26.2 Å². The normalized spacial score (nSPS) is 19.5. The minimum atomic E-state index is -1.88. The number of hydrogen-bond donors (Lipinski definition) is 1.